The Kier molecular flexibility index (Phi) is 2.69. The van der Waals surface area contributed by atoms with E-state index in [1.807, 2.05) is 0 Å². The zero-order chi connectivity index (χ0) is 8.39. The molecule has 70 valence electrons. The van der Waals surface area contributed by atoms with Crippen LogP contribution < -0.4 is 5.32 Å². The highest BCUT2D eigenvalue weighted by Gasteiger charge is 2.26. The molecule has 0 aromatic heterocycles. The van der Waals surface area contributed by atoms with Gasteiger partial charge in [0.15, 0.2) is 0 Å². The molecule has 12 heavy (non-hydrogen) atoms. The molecule has 1 aliphatic carbocycles. The molecule has 0 amide bonds. The fourth-order valence-corrected chi connectivity index (χ4v) is 2.61. The van der Waals surface area contributed by atoms with Crippen LogP contribution in [0.5, 0.6) is 0 Å². The monoisotopic (exact) mass is 167 g/mol. The normalized spacial score (nSPS) is 33.2. The van der Waals surface area contributed by atoms with Crippen molar-refractivity contribution >= 4 is 0 Å². The van der Waals surface area contributed by atoms with Gasteiger partial charge in [-0.15, -0.1) is 0 Å². The molecule has 1 heteroatoms. The van der Waals surface area contributed by atoms with Gasteiger partial charge in [0, 0.05) is 0 Å². The number of hydrogen-bond acceptors (Lipinski definition) is 1. The Morgan fingerprint density at radius 2 is 2.17 bits per heavy atom. The largest absolute Gasteiger partial charge is 0.316 e. The van der Waals surface area contributed by atoms with Crippen molar-refractivity contribution < 1.29 is 0 Å². The molecule has 1 heterocycles. The third kappa shape index (κ3) is 1.82. The van der Waals surface area contributed by atoms with Gasteiger partial charge in [-0.25, -0.2) is 0 Å². The highest BCUT2D eigenvalue weighted by atomic mass is 14.9. The van der Waals surface area contributed by atoms with Crippen LogP contribution >= 0.6 is 0 Å². The minimum Gasteiger partial charge on any atom is -0.316 e. The number of rotatable bonds is 3. The Bertz CT molecular complexity index is 134. The molecule has 1 saturated carbocycles. The van der Waals surface area contributed by atoms with Crippen LogP contribution in [0.1, 0.15) is 39.0 Å². The second kappa shape index (κ2) is 3.78. The molecular weight excluding hydrogens is 146 g/mol. The maximum Gasteiger partial charge on any atom is -0.00175 e. The van der Waals surface area contributed by atoms with Gasteiger partial charge in [0.2, 0.25) is 0 Å². The zero-order valence-electron chi connectivity index (χ0n) is 8.18. The van der Waals surface area contributed by atoms with Crippen LogP contribution in [0, 0.1) is 17.8 Å². The first kappa shape index (κ1) is 8.55. The van der Waals surface area contributed by atoms with Crippen LogP contribution in [-0.4, -0.2) is 13.1 Å². The van der Waals surface area contributed by atoms with Crippen LogP contribution in [-0.2, 0) is 0 Å². The van der Waals surface area contributed by atoms with E-state index >= 15 is 0 Å². The number of hydrogen-bond donors (Lipinski definition) is 1. The summed E-state index contributed by atoms with van der Waals surface area (Å²) in [6.45, 7) is 5.00. The van der Waals surface area contributed by atoms with Crippen molar-refractivity contribution in [2.75, 3.05) is 13.1 Å². The molecule has 1 N–H and O–H groups in total. The first-order valence-corrected chi connectivity index (χ1v) is 5.57. The Morgan fingerprint density at radius 1 is 1.33 bits per heavy atom. The van der Waals surface area contributed by atoms with E-state index in [-0.39, 0.29) is 0 Å². The quantitative estimate of drug-likeness (QED) is 0.680. The molecule has 1 aliphatic heterocycles. The summed E-state index contributed by atoms with van der Waals surface area (Å²) in [5.74, 6) is 3.07. The average Bonchev–Trinajstić information content (AvgIpc) is 2.47. The number of nitrogens with one attached hydrogen (secondary N) is 1. The van der Waals surface area contributed by atoms with E-state index in [0.717, 1.165) is 17.8 Å². The summed E-state index contributed by atoms with van der Waals surface area (Å²) in [5.41, 5.74) is 0. The van der Waals surface area contributed by atoms with Crippen molar-refractivity contribution in [3.8, 4) is 0 Å². The van der Waals surface area contributed by atoms with Crippen molar-refractivity contribution in [3.63, 3.8) is 0 Å². The predicted octanol–water partition coefficient (Wildman–Crippen LogP) is 2.42. The lowest BCUT2D eigenvalue weighted by molar-refractivity contribution is 0.221. The highest BCUT2D eigenvalue weighted by molar-refractivity contribution is 4.80. The molecule has 1 nitrogen and oxygen atoms in total. The second-order valence-corrected chi connectivity index (χ2v) is 4.76. The Balaban J connectivity index is 1.71. The smallest absolute Gasteiger partial charge is 0.00175 e. The minimum atomic E-state index is 0.977. The fraction of sp³-hybridized carbons (Fsp3) is 1.00. The van der Waals surface area contributed by atoms with Crippen LogP contribution in [0.15, 0.2) is 0 Å². The van der Waals surface area contributed by atoms with Gasteiger partial charge >= 0.3 is 0 Å². The van der Waals surface area contributed by atoms with Crippen LogP contribution in [0.4, 0.5) is 0 Å². The van der Waals surface area contributed by atoms with Gasteiger partial charge in [-0.1, -0.05) is 26.2 Å². The minimum absolute atomic E-state index is 0.977. The van der Waals surface area contributed by atoms with Crippen molar-refractivity contribution in [3.05, 3.63) is 0 Å². The van der Waals surface area contributed by atoms with E-state index in [0.29, 0.717) is 0 Å². The van der Waals surface area contributed by atoms with Gasteiger partial charge < -0.3 is 5.32 Å². The third-order valence-electron chi connectivity index (χ3n) is 3.83. The fourth-order valence-electron chi connectivity index (χ4n) is 2.61. The van der Waals surface area contributed by atoms with Crippen molar-refractivity contribution in [1.29, 1.82) is 0 Å². The van der Waals surface area contributed by atoms with Gasteiger partial charge in [-0.05, 0) is 43.7 Å². The molecule has 2 atom stereocenters. The lowest BCUT2D eigenvalue weighted by Crippen LogP contribution is -2.21. The summed E-state index contributed by atoms with van der Waals surface area (Å²) in [6, 6.07) is 0. The van der Waals surface area contributed by atoms with Crippen molar-refractivity contribution in [1.82, 2.24) is 5.32 Å². The first-order valence-electron chi connectivity index (χ1n) is 5.57. The van der Waals surface area contributed by atoms with Gasteiger partial charge in [0.1, 0.15) is 0 Å². The summed E-state index contributed by atoms with van der Waals surface area (Å²) in [7, 11) is 0. The standard InChI is InChI=1S/C11H21N/c1-9(7-10-3-2-4-10)11-5-6-12-8-11/h9-12H,2-8H2,1H3. The summed E-state index contributed by atoms with van der Waals surface area (Å²) in [6.07, 6.45) is 7.47. The van der Waals surface area contributed by atoms with Gasteiger partial charge in [0.25, 0.3) is 0 Å². The van der Waals surface area contributed by atoms with E-state index in [9.17, 15) is 0 Å². The summed E-state index contributed by atoms with van der Waals surface area (Å²) in [5, 5.41) is 3.46. The van der Waals surface area contributed by atoms with Crippen LogP contribution in [0.2, 0.25) is 0 Å². The maximum absolute atomic E-state index is 3.46. The summed E-state index contributed by atoms with van der Waals surface area (Å²) >= 11 is 0. The molecule has 2 unspecified atom stereocenters. The van der Waals surface area contributed by atoms with Crippen LogP contribution in [0.25, 0.3) is 0 Å². The first-order chi connectivity index (χ1) is 5.86. The molecule has 0 aromatic carbocycles. The van der Waals surface area contributed by atoms with Gasteiger partial charge in [0.05, 0.1) is 0 Å². The van der Waals surface area contributed by atoms with Crippen LogP contribution in [0.3, 0.4) is 0 Å². The SMILES string of the molecule is CC(CC1CCC1)C1CCNC1. The van der Waals surface area contributed by atoms with Gasteiger partial charge in [-0.3, -0.25) is 0 Å². The molecule has 1 saturated heterocycles. The molecule has 2 rings (SSSR count). The third-order valence-corrected chi connectivity index (χ3v) is 3.83. The lowest BCUT2D eigenvalue weighted by atomic mass is 9.76. The summed E-state index contributed by atoms with van der Waals surface area (Å²) < 4.78 is 0. The molecule has 0 radical (unpaired) electrons. The van der Waals surface area contributed by atoms with E-state index in [1.54, 1.807) is 0 Å². The molecule has 2 fully saturated rings. The van der Waals surface area contributed by atoms with E-state index in [2.05, 4.69) is 12.2 Å². The van der Waals surface area contributed by atoms with E-state index in [4.69, 9.17) is 0 Å². The summed E-state index contributed by atoms with van der Waals surface area (Å²) in [4.78, 5) is 0. The predicted molar refractivity (Wildman–Crippen MR) is 52.1 cm³/mol. The van der Waals surface area contributed by atoms with Gasteiger partial charge in [-0.2, -0.15) is 0 Å². The lowest BCUT2D eigenvalue weighted by Gasteiger charge is -2.30. The Labute approximate surface area is 75.9 Å². The topological polar surface area (TPSA) is 12.0 Å². The molecule has 2 aliphatic rings. The molecular formula is C11H21N. The zero-order valence-corrected chi connectivity index (χ0v) is 8.18. The van der Waals surface area contributed by atoms with Crippen molar-refractivity contribution in [2.45, 2.75) is 39.0 Å². The Morgan fingerprint density at radius 3 is 2.67 bits per heavy atom. The van der Waals surface area contributed by atoms with E-state index < -0.39 is 0 Å². The average molecular weight is 167 g/mol. The highest BCUT2D eigenvalue weighted by Crippen LogP contribution is 2.35. The molecule has 0 bridgehead atoms. The maximum atomic E-state index is 3.46. The second-order valence-electron chi connectivity index (χ2n) is 4.76. The molecule has 0 spiro atoms. The van der Waals surface area contributed by atoms with E-state index in [1.165, 1.54) is 45.2 Å². The molecule has 0 aromatic rings. The Hall–Kier alpha value is -0.0400. The van der Waals surface area contributed by atoms with Crippen molar-refractivity contribution in [2.24, 2.45) is 17.8 Å².